The highest BCUT2D eigenvalue weighted by Crippen LogP contribution is 2.25. The van der Waals surface area contributed by atoms with Gasteiger partial charge in [0.2, 0.25) is 0 Å². The molecule has 1 aromatic carbocycles. The van der Waals surface area contributed by atoms with E-state index in [0.29, 0.717) is 25.6 Å². The topological polar surface area (TPSA) is 42.4 Å². The zero-order chi connectivity index (χ0) is 13.9. The molecule has 104 valence electrons. The first-order chi connectivity index (χ1) is 9.76. The first kappa shape index (κ1) is 13.4. The Morgan fingerprint density at radius 1 is 1.45 bits per heavy atom. The average Bonchev–Trinajstić information content (AvgIpc) is 3.09. The van der Waals surface area contributed by atoms with Crippen molar-refractivity contribution in [3.63, 3.8) is 0 Å². The predicted octanol–water partition coefficient (Wildman–Crippen LogP) is 3.50. The van der Waals surface area contributed by atoms with Gasteiger partial charge in [-0.05, 0) is 11.6 Å². The number of hydrogen-bond acceptors (Lipinski definition) is 4. The van der Waals surface area contributed by atoms with Gasteiger partial charge in [-0.25, -0.2) is 9.78 Å². The van der Waals surface area contributed by atoms with E-state index >= 15 is 0 Å². The van der Waals surface area contributed by atoms with E-state index < -0.39 is 0 Å². The number of thiazole rings is 1. The van der Waals surface area contributed by atoms with Crippen LogP contribution in [0.4, 0.5) is 4.79 Å². The number of benzene rings is 1. The number of carbonyl (C=O) groups excluding carboxylic acids is 1. The maximum atomic E-state index is 11.5. The zero-order valence-electron chi connectivity index (χ0n) is 10.7. The molecule has 4 nitrogen and oxygen atoms in total. The monoisotopic (exact) mass is 308 g/mol. The van der Waals surface area contributed by atoms with E-state index in [2.05, 4.69) is 11.1 Å². The lowest BCUT2D eigenvalue weighted by Crippen LogP contribution is -2.23. The van der Waals surface area contributed by atoms with Crippen molar-refractivity contribution in [1.82, 2.24) is 9.88 Å². The highest BCUT2D eigenvalue weighted by molar-refractivity contribution is 7.13. The number of carbonyl (C=O) groups is 1. The normalized spacial score (nSPS) is 14.7. The highest BCUT2D eigenvalue weighted by Gasteiger charge is 2.21. The Balaban J connectivity index is 1.80. The standard InChI is InChI=1S/C14H13ClN2O2S/c15-7-12-9-20-13(16-12)11-3-1-2-10(6-11)8-17-4-5-19-14(17)18/h1-3,6,9H,4-5,7-8H2. The number of hydrogen-bond donors (Lipinski definition) is 0. The van der Waals surface area contributed by atoms with Crippen molar-refractivity contribution in [3.05, 3.63) is 40.9 Å². The number of amides is 1. The van der Waals surface area contributed by atoms with E-state index in [4.69, 9.17) is 16.3 Å². The molecule has 1 aromatic heterocycles. The van der Waals surface area contributed by atoms with Crippen LogP contribution in [0, 0.1) is 0 Å². The van der Waals surface area contributed by atoms with Gasteiger partial charge in [-0.15, -0.1) is 22.9 Å². The van der Waals surface area contributed by atoms with Gasteiger partial charge in [0.05, 0.1) is 18.1 Å². The van der Waals surface area contributed by atoms with Crippen molar-refractivity contribution >= 4 is 29.0 Å². The average molecular weight is 309 g/mol. The number of alkyl halides is 1. The summed E-state index contributed by atoms with van der Waals surface area (Å²) >= 11 is 7.35. The lowest BCUT2D eigenvalue weighted by molar-refractivity contribution is 0.157. The van der Waals surface area contributed by atoms with Gasteiger partial charge in [0.1, 0.15) is 11.6 Å². The van der Waals surface area contributed by atoms with Gasteiger partial charge in [-0.2, -0.15) is 0 Å². The minimum absolute atomic E-state index is 0.242. The number of halogens is 1. The number of aromatic nitrogens is 1. The Labute approximate surface area is 126 Å². The Morgan fingerprint density at radius 2 is 2.35 bits per heavy atom. The third-order valence-electron chi connectivity index (χ3n) is 3.08. The van der Waals surface area contributed by atoms with Gasteiger partial charge in [0.25, 0.3) is 0 Å². The Kier molecular flexibility index (Phi) is 3.89. The molecular formula is C14H13ClN2O2S. The van der Waals surface area contributed by atoms with Crippen molar-refractivity contribution in [2.75, 3.05) is 13.2 Å². The molecular weight excluding hydrogens is 296 g/mol. The quantitative estimate of drug-likeness (QED) is 0.812. The van der Waals surface area contributed by atoms with Gasteiger partial charge in [0.15, 0.2) is 0 Å². The maximum absolute atomic E-state index is 11.5. The fraction of sp³-hybridized carbons (Fsp3) is 0.286. The molecule has 0 spiro atoms. The third kappa shape index (κ3) is 2.78. The molecule has 0 bridgehead atoms. The number of nitrogens with zero attached hydrogens (tertiary/aromatic N) is 2. The molecule has 0 N–H and O–H groups in total. The predicted molar refractivity (Wildman–Crippen MR) is 78.9 cm³/mol. The smallest absolute Gasteiger partial charge is 0.410 e. The van der Waals surface area contributed by atoms with Crippen LogP contribution in [0.1, 0.15) is 11.3 Å². The molecule has 1 saturated heterocycles. The van der Waals surface area contributed by atoms with Gasteiger partial charge in [-0.1, -0.05) is 18.2 Å². The van der Waals surface area contributed by atoms with Crippen molar-refractivity contribution in [3.8, 4) is 10.6 Å². The van der Waals surface area contributed by atoms with Crippen LogP contribution in [-0.2, 0) is 17.2 Å². The summed E-state index contributed by atoms with van der Waals surface area (Å²) < 4.78 is 4.93. The lowest BCUT2D eigenvalue weighted by atomic mass is 10.1. The Morgan fingerprint density at radius 3 is 3.05 bits per heavy atom. The van der Waals surface area contributed by atoms with Crippen LogP contribution < -0.4 is 0 Å². The van der Waals surface area contributed by atoms with Gasteiger partial charge in [-0.3, -0.25) is 0 Å². The fourth-order valence-corrected chi connectivity index (χ4v) is 3.14. The molecule has 0 atom stereocenters. The number of rotatable bonds is 4. The molecule has 1 amide bonds. The van der Waals surface area contributed by atoms with Gasteiger partial charge >= 0.3 is 6.09 Å². The summed E-state index contributed by atoms with van der Waals surface area (Å²) in [7, 11) is 0. The Hall–Kier alpha value is -1.59. The summed E-state index contributed by atoms with van der Waals surface area (Å²) in [5.74, 6) is 0.426. The zero-order valence-corrected chi connectivity index (χ0v) is 12.3. The van der Waals surface area contributed by atoms with E-state index in [-0.39, 0.29) is 6.09 Å². The first-order valence-corrected chi connectivity index (χ1v) is 7.69. The van der Waals surface area contributed by atoms with Gasteiger partial charge < -0.3 is 9.64 Å². The number of ether oxygens (including phenoxy) is 1. The van der Waals surface area contributed by atoms with E-state index in [1.54, 1.807) is 16.2 Å². The molecule has 6 heteroatoms. The SMILES string of the molecule is O=C1OCCN1Cc1cccc(-c2nc(CCl)cs2)c1. The van der Waals surface area contributed by atoms with E-state index in [0.717, 1.165) is 21.8 Å². The first-order valence-electron chi connectivity index (χ1n) is 6.27. The Bertz CT molecular complexity index is 629. The molecule has 2 heterocycles. The minimum Gasteiger partial charge on any atom is -0.448 e. The van der Waals surface area contributed by atoms with Crippen LogP contribution in [0.25, 0.3) is 10.6 Å². The van der Waals surface area contributed by atoms with Crippen molar-refractivity contribution < 1.29 is 9.53 Å². The molecule has 1 aliphatic heterocycles. The number of cyclic esters (lactones) is 1. The molecule has 1 fully saturated rings. The van der Waals surface area contributed by atoms with Crippen LogP contribution in [0.2, 0.25) is 0 Å². The molecule has 3 rings (SSSR count). The van der Waals surface area contributed by atoms with E-state index in [9.17, 15) is 4.79 Å². The van der Waals surface area contributed by atoms with Crippen LogP contribution in [0.15, 0.2) is 29.6 Å². The van der Waals surface area contributed by atoms with Crippen LogP contribution in [0.3, 0.4) is 0 Å². The second kappa shape index (κ2) is 5.81. The van der Waals surface area contributed by atoms with Crippen molar-refractivity contribution in [2.45, 2.75) is 12.4 Å². The lowest BCUT2D eigenvalue weighted by Gasteiger charge is -2.12. The summed E-state index contributed by atoms with van der Waals surface area (Å²) in [6, 6.07) is 8.06. The highest BCUT2D eigenvalue weighted by atomic mass is 35.5. The van der Waals surface area contributed by atoms with Crippen LogP contribution in [-0.4, -0.2) is 29.1 Å². The minimum atomic E-state index is -0.242. The largest absolute Gasteiger partial charge is 0.448 e. The van der Waals surface area contributed by atoms with Crippen LogP contribution in [0.5, 0.6) is 0 Å². The van der Waals surface area contributed by atoms with E-state index in [1.807, 2.05) is 23.6 Å². The molecule has 0 aliphatic carbocycles. The van der Waals surface area contributed by atoms with Crippen LogP contribution >= 0.6 is 22.9 Å². The second-order valence-corrected chi connectivity index (χ2v) is 5.64. The maximum Gasteiger partial charge on any atom is 0.410 e. The molecule has 0 radical (unpaired) electrons. The molecule has 0 unspecified atom stereocenters. The summed E-state index contributed by atoms with van der Waals surface area (Å²) in [5, 5.41) is 2.92. The summed E-state index contributed by atoms with van der Waals surface area (Å²) in [5.41, 5.74) is 3.01. The second-order valence-electron chi connectivity index (χ2n) is 4.51. The van der Waals surface area contributed by atoms with Crippen molar-refractivity contribution in [2.24, 2.45) is 0 Å². The summed E-state index contributed by atoms with van der Waals surface area (Å²) in [4.78, 5) is 17.6. The summed E-state index contributed by atoms with van der Waals surface area (Å²) in [6.45, 7) is 1.70. The molecule has 1 aliphatic rings. The summed E-state index contributed by atoms with van der Waals surface area (Å²) in [6.07, 6.45) is -0.242. The fourth-order valence-electron chi connectivity index (χ4n) is 2.09. The van der Waals surface area contributed by atoms with Gasteiger partial charge in [0, 0.05) is 17.5 Å². The molecule has 20 heavy (non-hydrogen) atoms. The third-order valence-corrected chi connectivity index (χ3v) is 4.29. The van der Waals surface area contributed by atoms with Crippen molar-refractivity contribution in [1.29, 1.82) is 0 Å². The molecule has 0 saturated carbocycles. The molecule has 2 aromatic rings. The van der Waals surface area contributed by atoms with E-state index in [1.165, 1.54) is 0 Å².